The zero-order chi connectivity index (χ0) is 34.0. The molecule has 0 bridgehead atoms. The standard InChI is InChI=1S/C40H44N4O5/c1-28(46)41-20-6-2-3-15-39(47)42-24-30-9-7-10-32(21-30)33-11-8-12-34(22-33)40-48-35(25-44-27-43-36-13-4-5-14-37(36)44)23-38(49-40)31-18-16-29(26-45)17-19-31/h4-5,7-14,16-19,21-22,27,35,38,40,45H,2-3,6,15,20,23-26H2,1H3,(H,41,46)(H,42,47)/t35-,38+,40+/m1/s1. The summed E-state index contributed by atoms with van der Waals surface area (Å²) in [5, 5.41) is 15.4. The van der Waals surface area contributed by atoms with E-state index in [1.807, 2.05) is 73.1 Å². The first-order valence-electron chi connectivity index (χ1n) is 17.1. The molecule has 3 atom stereocenters. The minimum atomic E-state index is -0.586. The summed E-state index contributed by atoms with van der Waals surface area (Å²) in [5.41, 5.74) is 7.93. The molecule has 4 aromatic carbocycles. The molecule has 0 spiro atoms. The minimum Gasteiger partial charge on any atom is -0.392 e. The molecule has 3 N–H and O–H groups in total. The maximum absolute atomic E-state index is 12.5. The van der Waals surface area contributed by atoms with Crippen molar-refractivity contribution >= 4 is 22.8 Å². The number of carbonyl (C=O) groups is 2. The predicted octanol–water partition coefficient (Wildman–Crippen LogP) is 6.75. The number of amides is 2. The Labute approximate surface area is 287 Å². The fourth-order valence-electron chi connectivity index (χ4n) is 6.27. The second kappa shape index (κ2) is 16.5. The summed E-state index contributed by atoms with van der Waals surface area (Å²) in [6.07, 6.45) is 4.65. The Balaban J connectivity index is 1.14. The molecule has 254 valence electrons. The molecule has 2 amide bonds. The molecule has 2 heterocycles. The van der Waals surface area contributed by atoms with Gasteiger partial charge < -0.3 is 29.8 Å². The zero-order valence-corrected chi connectivity index (χ0v) is 27.9. The van der Waals surface area contributed by atoms with Crippen LogP contribution in [-0.4, -0.2) is 39.1 Å². The van der Waals surface area contributed by atoms with Crippen LogP contribution in [0, 0.1) is 0 Å². The Morgan fingerprint density at radius 3 is 2.45 bits per heavy atom. The number of imidazole rings is 1. The van der Waals surface area contributed by atoms with E-state index in [4.69, 9.17) is 9.47 Å². The Kier molecular flexibility index (Phi) is 11.5. The number of ether oxygens (including phenoxy) is 2. The highest BCUT2D eigenvalue weighted by Gasteiger charge is 2.33. The molecule has 1 saturated heterocycles. The highest BCUT2D eigenvalue weighted by Crippen LogP contribution is 2.39. The summed E-state index contributed by atoms with van der Waals surface area (Å²) in [5.74, 6) is -0.000890. The van der Waals surface area contributed by atoms with Crippen molar-refractivity contribution in [1.82, 2.24) is 20.2 Å². The molecule has 9 nitrogen and oxygen atoms in total. The number of carbonyl (C=O) groups excluding carboxylic acids is 2. The lowest BCUT2D eigenvalue weighted by molar-refractivity contribution is -0.252. The van der Waals surface area contributed by atoms with Gasteiger partial charge in [0.15, 0.2) is 6.29 Å². The number of fused-ring (bicyclic) bond motifs is 1. The average molecular weight is 661 g/mol. The highest BCUT2D eigenvalue weighted by atomic mass is 16.7. The van der Waals surface area contributed by atoms with Gasteiger partial charge in [0.1, 0.15) is 0 Å². The number of aliphatic hydroxyl groups is 1. The Bertz CT molecular complexity index is 1850. The van der Waals surface area contributed by atoms with Gasteiger partial charge in [0.05, 0.1) is 42.7 Å². The zero-order valence-electron chi connectivity index (χ0n) is 27.9. The van der Waals surface area contributed by atoms with E-state index in [9.17, 15) is 14.7 Å². The van der Waals surface area contributed by atoms with Gasteiger partial charge in [0.25, 0.3) is 0 Å². The second-order valence-electron chi connectivity index (χ2n) is 12.6. The topological polar surface area (TPSA) is 115 Å². The fourth-order valence-corrected chi connectivity index (χ4v) is 6.27. The minimum absolute atomic E-state index is 0.00361. The van der Waals surface area contributed by atoms with Crippen LogP contribution in [0.4, 0.5) is 0 Å². The quantitative estimate of drug-likeness (QED) is 0.114. The van der Waals surface area contributed by atoms with E-state index in [0.29, 0.717) is 32.5 Å². The van der Waals surface area contributed by atoms with Crippen molar-refractivity contribution in [3.05, 3.63) is 126 Å². The SMILES string of the molecule is CC(=O)NCCCCCC(=O)NCc1cccc(-c2cccc([C@H]3O[C@@H](Cn4cnc5ccccc54)C[C@@H](c4ccc(CO)cc4)O3)c2)c1. The summed E-state index contributed by atoms with van der Waals surface area (Å²) in [6, 6.07) is 32.5. The van der Waals surface area contributed by atoms with Gasteiger partial charge >= 0.3 is 0 Å². The Hall–Kier alpha value is -4.83. The largest absolute Gasteiger partial charge is 0.392 e. The fraction of sp³-hybridized carbons (Fsp3) is 0.325. The third-order valence-corrected chi connectivity index (χ3v) is 8.91. The molecule has 9 heteroatoms. The summed E-state index contributed by atoms with van der Waals surface area (Å²) in [6.45, 7) is 3.24. The molecule has 0 unspecified atom stereocenters. The van der Waals surface area contributed by atoms with Crippen LogP contribution in [0.2, 0.25) is 0 Å². The molecule has 1 aromatic heterocycles. The third-order valence-electron chi connectivity index (χ3n) is 8.91. The summed E-state index contributed by atoms with van der Waals surface area (Å²) in [4.78, 5) is 28.0. The normalized spacial score (nSPS) is 17.6. The van der Waals surface area contributed by atoms with Gasteiger partial charge in [-0.2, -0.15) is 0 Å². The predicted molar refractivity (Wildman–Crippen MR) is 189 cm³/mol. The van der Waals surface area contributed by atoms with Crippen molar-refractivity contribution in [1.29, 1.82) is 0 Å². The first-order valence-corrected chi connectivity index (χ1v) is 17.1. The van der Waals surface area contributed by atoms with Gasteiger partial charge in [-0.1, -0.05) is 79.2 Å². The number of hydrogen-bond donors (Lipinski definition) is 3. The van der Waals surface area contributed by atoms with Crippen LogP contribution in [-0.2, 0) is 38.8 Å². The van der Waals surface area contributed by atoms with Crippen molar-refractivity contribution < 1.29 is 24.2 Å². The first-order chi connectivity index (χ1) is 23.9. The maximum Gasteiger partial charge on any atom is 0.220 e. The number of benzene rings is 4. The van der Waals surface area contributed by atoms with E-state index in [1.54, 1.807) is 0 Å². The molecular weight excluding hydrogens is 616 g/mol. The molecule has 0 aliphatic carbocycles. The first kappa shape index (κ1) is 34.0. The van der Waals surface area contributed by atoms with Gasteiger partial charge in [-0.3, -0.25) is 9.59 Å². The number of aromatic nitrogens is 2. The number of aliphatic hydroxyl groups excluding tert-OH is 1. The smallest absolute Gasteiger partial charge is 0.220 e. The molecule has 5 aromatic rings. The number of nitrogens with one attached hydrogen (secondary N) is 2. The lowest BCUT2D eigenvalue weighted by Crippen LogP contribution is -2.32. The molecular formula is C40H44N4O5. The number of rotatable bonds is 14. The maximum atomic E-state index is 12.5. The van der Waals surface area contributed by atoms with E-state index in [2.05, 4.69) is 50.5 Å². The van der Waals surface area contributed by atoms with Crippen LogP contribution < -0.4 is 10.6 Å². The van der Waals surface area contributed by atoms with Crippen molar-refractivity contribution in [3.63, 3.8) is 0 Å². The van der Waals surface area contributed by atoms with E-state index >= 15 is 0 Å². The average Bonchev–Trinajstić information content (AvgIpc) is 3.54. The summed E-state index contributed by atoms with van der Waals surface area (Å²) >= 11 is 0. The Morgan fingerprint density at radius 1 is 0.837 bits per heavy atom. The van der Waals surface area contributed by atoms with Gasteiger partial charge in [0.2, 0.25) is 11.8 Å². The van der Waals surface area contributed by atoms with Crippen LogP contribution in [0.25, 0.3) is 22.2 Å². The molecule has 0 saturated carbocycles. The van der Waals surface area contributed by atoms with Crippen LogP contribution in [0.15, 0.2) is 103 Å². The molecule has 6 rings (SSSR count). The van der Waals surface area contributed by atoms with Gasteiger partial charge in [0, 0.05) is 38.4 Å². The molecule has 1 fully saturated rings. The number of nitrogens with zero attached hydrogens (tertiary/aromatic N) is 2. The second-order valence-corrected chi connectivity index (χ2v) is 12.6. The molecule has 1 aliphatic rings. The van der Waals surface area contributed by atoms with Crippen LogP contribution in [0.1, 0.15) is 73.7 Å². The number of hydrogen-bond acceptors (Lipinski definition) is 6. The molecule has 49 heavy (non-hydrogen) atoms. The van der Waals surface area contributed by atoms with Gasteiger partial charge in [-0.05, 0) is 64.9 Å². The van der Waals surface area contributed by atoms with Crippen LogP contribution >= 0.6 is 0 Å². The highest BCUT2D eigenvalue weighted by molar-refractivity contribution is 5.76. The van der Waals surface area contributed by atoms with Crippen molar-refractivity contribution in [3.8, 4) is 11.1 Å². The van der Waals surface area contributed by atoms with Crippen molar-refractivity contribution in [2.24, 2.45) is 0 Å². The van der Waals surface area contributed by atoms with E-state index in [1.165, 1.54) is 6.92 Å². The molecule has 1 aliphatic heterocycles. The Morgan fingerprint density at radius 2 is 1.63 bits per heavy atom. The number of para-hydroxylation sites is 2. The van der Waals surface area contributed by atoms with E-state index in [-0.39, 0.29) is 30.6 Å². The van der Waals surface area contributed by atoms with E-state index in [0.717, 1.165) is 63.7 Å². The van der Waals surface area contributed by atoms with Crippen molar-refractivity contribution in [2.45, 2.75) is 77.2 Å². The monoisotopic (exact) mass is 660 g/mol. The lowest BCUT2D eigenvalue weighted by Gasteiger charge is -2.36. The summed E-state index contributed by atoms with van der Waals surface area (Å²) < 4.78 is 15.4. The summed E-state index contributed by atoms with van der Waals surface area (Å²) in [7, 11) is 0. The van der Waals surface area contributed by atoms with Crippen LogP contribution in [0.5, 0.6) is 0 Å². The van der Waals surface area contributed by atoms with Gasteiger partial charge in [-0.25, -0.2) is 4.98 Å². The number of unbranched alkanes of at least 4 members (excludes halogenated alkanes) is 2. The van der Waals surface area contributed by atoms with Crippen molar-refractivity contribution in [2.75, 3.05) is 6.54 Å². The van der Waals surface area contributed by atoms with E-state index < -0.39 is 6.29 Å². The molecule has 0 radical (unpaired) electrons. The lowest BCUT2D eigenvalue weighted by atomic mass is 9.98. The third kappa shape index (κ3) is 9.20. The van der Waals surface area contributed by atoms with Gasteiger partial charge in [-0.15, -0.1) is 0 Å². The van der Waals surface area contributed by atoms with Crippen LogP contribution in [0.3, 0.4) is 0 Å².